The van der Waals surface area contributed by atoms with Gasteiger partial charge in [0.2, 0.25) is 5.91 Å². The van der Waals surface area contributed by atoms with Crippen LogP contribution in [0, 0.1) is 16.7 Å². The van der Waals surface area contributed by atoms with Gasteiger partial charge in [-0.05, 0) is 37.6 Å². The molecule has 1 unspecified atom stereocenters. The summed E-state index contributed by atoms with van der Waals surface area (Å²) in [7, 11) is 0. The molecular weight excluding hydrogens is 278 g/mol. The smallest absolute Gasteiger partial charge is 0.223 e. The van der Waals surface area contributed by atoms with Crippen molar-refractivity contribution in [1.82, 2.24) is 9.80 Å². The second-order valence-corrected chi connectivity index (χ2v) is 7.12. The summed E-state index contributed by atoms with van der Waals surface area (Å²) in [5, 5.41) is 9.43. The predicted molar refractivity (Wildman–Crippen MR) is 85.2 cm³/mol. The van der Waals surface area contributed by atoms with E-state index in [0.29, 0.717) is 6.42 Å². The molecule has 0 aromatic carbocycles. The summed E-state index contributed by atoms with van der Waals surface area (Å²) in [6.45, 7) is 9.64. The van der Waals surface area contributed by atoms with E-state index in [1.165, 1.54) is 0 Å². The molecule has 1 amide bonds. The molecule has 0 aromatic heterocycles. The van der Waals surface area contributed by atoms with E-state index in [1.54, 1.807) is 0 Å². The highest BCUT2D eigenvalue weighted by Gasteiger charge is 2.39. The van der Waals surface area contributed by atoms with Gasteiger partial charge in [-0.25, -0.2) is 0 Å². The highest BCUT2D eigenvalue weighted by Crippen LogP contribution is 2.35. The third-order valence-corrected chi connectivity index (χ3v) is 4.93. The quantitative estimate of drug-likeness (QED) is 0.729. The number of ether oxygens (including phenoxy) is 1. The molecule has 22 heavy (non-hydrogen) atoms. The number of hydrogen-bond acceptors (Lipinski definition) is 4. The van der Waals surface area contributed by atoms with Crippen molar-refractivity contribution in [2.75, 3.05) is 39.4 Å². The third kappa shape index (κ3) is 4.44. The zero-order chi connectivity index (χ0) is 16.0. The number of nitrogens with zero attached hydrogens (tertiary/aromatic N) is 3. The van der Waals surface area contributed by atoms with Gasteiger partial charge in [-0.1, -0.05) is 13.8 Å². The Bertz CT molecular complexity index is 411. The Kier molecular flexibility index (Phi) is 6.22. The molecular formula is C17H29N3O2. The monoisotopic (exact) mass is 307 g/mol. The van der Waals surface area contributed by atoms with Gasteiger partial charge in [0, 0.05) is 26.1 Å². The molecule has 0 N–H and O–H groups in total. The van der Waals surface area contributed by atoms with Gasteiger partial charge in [0.05, 0.1) is 19.3 Å². The number of amides is 1. The van der Waals surface area contributed by atoms with Crippen LogP contribution in [0.3, 0.4) is 0 Å². The van der Waals surface area contributed by atoms with Crippen LogP contribution in [0.15, 0.2) is 0 Å². The number of carbonyl (C=O) groups excluding carboxylic acids is 1. The zero-order valence-electron chi connectivity index (χ0n) is 14.0. The van der Waals surface area contributed by atoms with E-state index in [4.69, 9.17) is 4.74 Å². The fraction of sp³-hybridized carbons (Fsp3) is 0.882. The number of likely N-dealkylation sites (tertiary alicyclic amines) is 1. The maximum Gasteiger partial charge on any atom is 0.223 e. The minimum Gasteiger partial charge on any atom is -0.379 e. The van der Waals surface area contributed by atoms with E-state index in [9.17, 15) is 10.1 Å². The number of carbonyl (C=O) groups is 1. The van der Waals surface area contributed by atoms with Crippen molar-refractivity contribution in [1.29, 1.82) is 5.26 Å². The lowest BCUT2D eigenvalue weighted by atomic mass is 9.77. The van der Waals surface area contributed by atoms with Crippen LogP contribution in [-0.4, -0.2) is 61.1 Å². The van der Waals surface area contributed by atoms with Gasteiger partial charge < -0.3 is 9.64 Å². The maximum atomic E-state index is 12.4. The fourth-order valence-corrected chi connectivity index (χ4v) is 3.49. The molecule has 5 heteroatoms. The molecule has 2 fully saturated rings. The van der Waals surface area contributed by atoms with Crippen molar-refractivity contribution < 1.29 is 9.53 Å². The number of unbranched alkanes of at least 4 members (excludes halogenated alkanes) is 1. The van der Waals surface area contributed by atoms with Gasteiger partial charge in [0.1, 0.15) is 6.04 Å². The van der Waals surface area contributed by atoms with Crippen LogP contribution in [-0.2, 0) is 9.53 Å². The topological polar surface area (TPSA) is 56.6 Å². The van der Waals surface area contributed by atoms with Crippen LogP contribution in [0.4, 0.5) is 0 Å². The average Bonchev–Trinajstić information content (AvgIpc) is 2.51. The number of hydrogen-bond donors (Lipinski definition) is 0. The predicted octanol–water partition coefficient (Wildman–Crippen LogP) is 2.03. The van der Waals surface area contributed by atoms with Crippen LogP contribution in [0.1, 0.15) is 46.0 Å². The van der Waals surface area contributed by atoms with Crippen molar-refractivity contribution in [3.05, 3.63) is 0 Å². The summed E-state index contributed by atoms with van der Waals surface area (Å²) in [6, 6.07) is 2.08. The molecule has 5 nitrogen and oxygen atoms in total. The van der Waals surface area contributed by atoms with Crippen LogP contribution in [0.25, 0.3) is 0 Å². The van der Waals surface area contributed by atoms with E-state index in [1.807, 2.05) is 4.90 Å². The zero-order valence-corrected chi connectivity index (χ0v) is 14.0. The molecule has 0 bridgehead atoms. The molecule has 0 radical (unpaired) electrons. The Morgan fingerprint density at radius 3 is 2.68 bits per heavy atom. The third-order valence-electron chi connectivity index (χ3n) is 4.93. The van der Waals surface area contributed by atoms with Gasteiger partial charge >= 0.3 is 0 Å². The first-order valence-electron chi connectivity index (χ1n) is 8.54. The normalized spacial score (nSPS) is 25.7. The molecule has 2 rings (SSSR count). The molecule has 0 saturated carbocycles. The largest absolute Gasteiger partial charge is 0.379 e. The summed E-state index contributed by atoms with van der Waals surface area (Å²) in [5.41, 5.74) is -0.0868. The Labute approximate surface area is 134 Å². The summed E-state index contributed by atoms with van der Waals surface area (Å²) in [4.78, 5) is 16.7. The number of nitriles is 1. The second-order valence-electron chi connectivity index (χ2n) is 7.12. The molecule has 124 valence electrons. The lowest BCUT2D eigenvalue weighted by Gasteiger charge is -2.42. The molecule has 2 aliphatic heterocycles. The molecule has 2 aliphatic rings. The molecule has 0 spiro atoms. The SMILES string of the molecule is CC1(C)CCCN(C(=O)CCCCN2CCOCC2)C1C#N. The van der Waals surface area contributed by atoms with E-state index < -0.39 is 0 Å². The van der Waals surface area contributed by atoms with E-state index >= 15 is 0 Å². The Morgan fingerprint density at radius 2 is 2.00 bits per heavy atom. The first-order valence-corrected chi connectivity index (χ1v) is 8.54. The lowest BCUT2D eigenvalue weighted by Crippen LogP contribution is -2.51. The Hall–Kier alpha value is -1.12. The Morgan fingerprint density at radius 1 is 1.27 bits per heavy atom. The van der Waals surface area contributed by atoms with Gasteiger partial charge in [-0.2, -0.15) is 5.26 Å². The standard InChI is InChI=1S/C17H29N3O2/c1-17(2)7-5-9-20(15(17)14-18)16(21)6-3-4-8-19-10-12-22-13-11-19/h15H,3-13H2,1-2H3. The molecule has 2 saturated heterocycles. The summed E-state index contributed by atoms with van der Waals surface area (Å²) in [6.07, 6.45) is 4.54. The van der Waals surface area contributed by atoms with E-state index in [0.717, 1.165) is 65.1 Å². The van der Waals surface area contributed by atoms with Gasteiger partial charge in [0.15, 0.2) is 0 Å². The van der Waals surface area contributed by atoms with Gasteiger partial charge in [0.25, 0.3) is 0 Å². The summed E-state index contributed by atoms with van der Waals surface area (Å²) >= 11 is 0. The lowest BCUT2D eigenvalue weighted by molar-refractivity contribution is -0.136. The van der Waals surface area contributed by atoms with Crippen LogP contribution >= 0.6 is 0 Å². The van der Waals surface area contributed by atoms with Crippen molar-refractivity contribution in [2.45, 2.75) is 52.0 Å². The maximum absolute atomic E-state index is 12.4. The van der Waals surface area contributed by atoms with Crippen LogP contribution in [0.2, 0.25) is 0 Å². The minimum atomic E-state index is -0.270. The number of piperidine rings is 1. The van der Waals surface area contributed by atoms with Gasteiger partial charge in [-0.3, -0.25) is 9.69 Å². The highest BCUT2D eigenvalue weighted by atomic mass is 16.5. The van der Waals surface area contributed by atoms with Crippen molar-refractivity contribution in [2.24, 2.45) is 5.41 Å². The molecule has 2 heterocycles. The van der Waals surface area contributed by atoms with Crippen molar-refractivity contribution in [3.8, 4) is 6.07 Å². The summed E-state index contributed by atoms with van der Waals surface area (Å²) in [5.74, 6) is 0.154. The average molecular weight is 307 g/mol. The molecule has 1 atom stereocenters. The second kappa shape index (κ2) is 7.94. The van der Waals surface area contributed by atoms with Crippen LogP contribution in [0.5, 0.6) is 0 Å². The Balaban J connectivity index is 1.73. The number of morpholine rings is 1. The van der Waals surface area contributed by atoms with Crippen molar-refractivity contribution in [3.63, 3.8) is 0 Å². The first-order chi connectivity index (χ1) is 10.5. The van der Waals surface area contributed by atoms with E-state index in [2.05, 4.69) is 24.8 Å². The fourth-order valence-electron chi connectivity index (χ4n) is 3.49. The van der Waals surface area contributed by atoms with Gasteiger partial charge in [-0.15, -0.1) is 0 Å². The molecule has 0 aliphatic carbocycles. The van der Waals surface area contributed by atoms with Crippen LogP contribution < -0.4 is 0 Å². The van der Waals surface area contributed by atoms with Crippen molar-refractivity contribution >= 4 is 5.91 Å². The molecule has 0 aromatic rings. The number of rotatable bonds is 5. The minimum absolute atomic E-state index is 0.0868. The highest BCUT2D eigenvalue weighted by molar-refractivity contribution is 5.77. The summed E-state index contributed by atoms with van der Waals surface area (Å²) < 4.78 is 5.33. The van der Waals surface area contributed by atoms with E-state index in [-0.39, 0.29) is 17.4 Å². The first kappa shape index (κ1) is 17.2.